The first kappa shape index (κ1) is 11.9. The van der Waals surface area contributed by atoms with Crippen LogP contribution in [0.2, 0.25) is 0 Å². The maximum Gasteiger partial charge on any atom is 0.354 e. The molecule has 0 aliphatic carbocycles. The van der Waals surface area contributed by atoms with Gasteiger partial charge < -0.3 is 5.11 Å². The van der Waals surface area contributed by atoms with Crippen LogP contribution in [0.4, 0.5) is 0 Å². The molecule has 6 nitrogen and oxygen atoms in total. The second-order valence-corrected chi connectivity index (χ2v) is 4.10. The molecule has 0 amide bonds. The van der Waals surface area contributed by atoms with Gasteiger partial charge in [-0.05, 0) is 6.07 Å². The lowest BCUT2D eigenvalue weighted by Gasteiger charge is -2.05. The van der Waals surface area contributed by atoms with Crippen molar-refractivity contribution in [3.05, 3.63) is 53.9 Å². The van der Waals surface area contributed by atoms with E-state index in [2.05, 4.69) is 10.1 Å². The third-order valence-corrected chi connectivity index (χ3v) is 2.88. The Morgan fingerprint density at radius 1 is 1.30 bits per heavy atom. The van der Waals surface area contributed by atoms with E-state index >= 15 is 0 Å². The van der Waals surface area contributed by atoms with Gasteiger partial charge in [0.2, 0.25) is 0 Å². The zero-order valence-corrected chi connectivity index (χ0v) is 10.2. The van der Waals surface area contributed by atoms with Crippen molar-refractivity contribution in [2.45, 2.75) is 0 Å². The van der Waals surface area contributed by atoms with Crippen LogP contribution in [-0.2, 0) is 0 Å². The van der Waals surface area contributed by atoms with Crippen LogP contribution in [0.15, 0.2) is 42.6 Å². The highest BCUT2D eigenvalue weighted by Crippen LogP contribution is 2.20. The van der Waals surface area contributed by atoms with E-state index in [-0.39, 0.29) is 16.9 Å². The van der Waals surface area contributed by atoms with Crippen molar-refractivity contribution in [2.24, 2.45) is 0 Å². The number of aromatic nitrogens is 3. The monoisotopic (exact) mass is 264 g/mol. The van der Waals surface area contributed by atoms with Crippen molar-refractivity contribution < 1.29 is 9.90 Å². The Morgan fingerprint density at radius 3 is 2.70 bits per heavy atom. The van der Waals surface area contributed by atoms with E-state index in [0.29, 0.717) is 5.69 Å². The second-order valence-electron chi connectivity index (χ2n) is 4.10. The standard InChI is InChI=1S/C14H8N4O2/c15-7-10-8-16-18-12(14(19)20)6-11(17-13(10)18)9-4-2-1-3-5-9/h1-6,8H,(H,19,20). The van der Waals surface area contributed by atoms with Crippen molar-refractivity contribution in [2.75, 3.05) is 0 Å². The highest BCUT2D eigenvalue weighted by Gasteiger charge is 2.16. The Labute approximate surface area is 113 Å². The molecule has 0 aliphatic rings. The van der Waals surface area contributed by atoms with E-state index in [9.17, 15) is 9.90 Å². The number of rotatable bonds is 2. The quantitative estimate of drug-likeness (QED) is 0.764. The lowest BCUT2D eigenvalue weighted by Crippen LogP contribution is -2.08. The first-order valence-corrected chi connectivity index (χ1v) is 5.78. The lowest BCUT2D eigenvalue weighted by atomic mass is 10.1. The number of aromatic carboxylic acids is 1. The highest BCUT2D eigenvalue weighted by atomic mass is 16.4. The Balaban J connectivity index is 2.35. The fraction of sp³-hybridized carbons (Fsp3) is 0. The summed E-state index contributed by atoms with van der Waals surface area (Å²) in [5.41, 5.74) is 1.72. The molecule has 6 heteroatoms. The van der Waals surface area contributed by atoms with Gasteiger partial charge in [0.25, 0.3) is 0 Å². The van der Waals surface area contributed by atoms with Crippen LogP contribution in [0.5, 0.6) is 0 Å². The van der Waals surface area contributed by atoms with Crippen molar-refractivity contribution in [1.29, 1.82) is 5.26 Å². The summed E-state index contributed by atoms with van der Waals surface area (Å²) in [7, 11) is 0. The SMILES string of the molecule is N#Cc1cnn2c(C(=O)O)cc(-c3ccccc3)nc12. The summed E-state index contributed by atoms with van der Waals surface area (Å²) in [5.74, 6) is -1.12. The van der Waals surface area contributed by atoms with Crippen LogP contribution in [0, 0.1) is 11.3 Å². The van der Waals surface area contributed by atoms with E-state index in [1.165, 1.54) is 12.3 Å². The minimum atomic E-state index is -1.12. The predicted molar refractivity (Wildman–Crippen MR) is 70.1 cm³/mol. The van der Waals surface area contributed by atoms with Crippen LogP contribution in [0.25, 0.3) is 16.9 Å². The average Bonchev–Trinajstić information content (AvgIpc) is 2.89. The number of nitrogens with zero attached hydrogens (tertiary/aromatic N) is 4. The number of hydrogen-bond acceptors (Lipinski definition) is 4. The number of carboxylic acid groups (broad SMARTS) is 1. The van der Waals surface area contributed by atoms with E-state index in [1.54, 1.807) is 0 Å². The lowest BCUT2D eigenvalue weighted by molar-refractivity contribution is 0.0687. The Hall–Kier alpha value is -3.20. The second kappa shape index (κ2) is 4.48. The van der Waals surface area contributed by atoms with E-state index in [4.69, 9.17) is 5.26 Å². The van der Waals surface area contributed by atoms with Crippen molar-refractivity contribution >= 4 is 11.6 Å². The molecule has 2 heterocycles. The zero-order chi connectivity index (χ0) is 14.1. The maximum absolute atomic E-state index is 11.3. The van der Waals surface area contributed by atoms with Crippen LogP contribution in [0.1, 0.15) is 16.1 Å². The van der Waals surface area contributed by atoms with Gasteiger partial charge in [-0.2, -0.15) is 10.4 Å². The first-order chi connectivity index (χ1) is 9.70. The normalized spacial score (nSPS) is 10.3. The van der Waals surface area contributed by atoms with Gasteiger partial charge in [0.1, 0.15) is 11.6 Å². The van der Waals surface area contributed by atoms with Crippen LogP contribution in [0.3, 0.4) is 0 Å². The summed E-state index contributed by atoms with van der Waals surface area (Å²) in [6.07, 6.45) is 1.31. The van der Waals surface area contributed by atoms with Gasteiger partial charge in [0.05, 0.1) is 11.9 Å². The molecule has 0 aliphatic heterocycles. The Bertz CT molecular complexity index is 847. The van der Waals surface area contributed by atoms with Gasteiger partial charge in [-0.1, -0.05) is 30.3 Å². The molecule has 1 aromatic carbocycles. The van der Waals surface area contributed by atoms with Gasteiger partial charge in [0.15, 0.2) is 11.3 Å². The molecule has 1 N–H and O–H groups in total. The molecule has 0 spiro atoms. The molecule has 0 saturated carbocycles. The van der Waals surface area contributed by atoms with Crippen LogP contribution < -0.4 is 0 Å². The predicted octanol–water partition coefficient (Wildman–Crippen LogP) is 1.97. The molecule has 20 heavy (non-hydrogen) atoms. The highest BCUT2D eigenvalue weighted by molar-refractivity contribution is 5.88. The molecular weight excluding hydrogens is 256 g/mol. The number of hydrogen-bond donors (Lipinski definition) is 1. The molecule has 96 valence electrons. The largest absolute Gasteiger partial charge is 0.477 e. The Morgan fingerprint density at radius 2 is 2.05 bits per heavy atom. The molecule has 0 bridgehead atoms. The fourth-order valence-electron chi connectivity index (χ4n) is 1.95. The van der Waals surface area contributed by atoms with E-state index in [0.717, 1.165) is 10.1 Å². The third kappa shape index (κ3) is 1.78. The van der Waals surface area contributed by atoms with Gasteiger partial charge in [-0.15, -0.1) is 0 Å². The summed E-state index contributed by atoms with van der Waals surface area (Å²) in [6, 6.07) is 12.6. The minimum absolute atomic E-state index is 0.0321. The smallest absolute Gasteiger partial charge is 0.354 e. The first-order valence-electron chi connectivity index (χ1n) is 5.78. The van der Waals surface area contributed by atoms with Crippen LogP contribution in [-0.4, -0.2) is 25.7 Å². The fourth-order valence-corrected chi connectivity index (χ4v) is 1.95. The molecule has 3 rings (SSSR count). The maximum atomic E-state index is 11.3. The number of carboxylic acids is 1. The summed E-state index contributed by atoms with van der Waals surface area (Å²) in [4.78, 5) is 15.7. The van der Waals surface area contributed by atoms with Gasteiger partial charge in [-0.3, -0.25) is 0 Å². The van der Waals surface area contributed by atoms with Crippen molar-refractivity contribution in [1.82, 2.24) is 14.6 Å². The van der Waals surface area contributed by atoms with E-state index < -0.39 is 5.97 Å². The number of fused-ring (bicyclic) bond motifs is 1. The van der Waals surface area contributed by atoms with Gasteiger partial charge in [-0.25, -0.2) is 14.3 Å². The average molecular weight is 264 g/mol. The minimum Gasteiger partial charge on any atom is -0.477 e. The molecule has 0 unspecified atom stereocenters. The van der Waals surface area contributed by atoms with E-state index in [1.807, 2.05) is 36.4 Å². The number of benzene rings is 1. The van der Waals surface area contributed by atoms with Crippen molar-refractivity contribution in [3.63, 3.8) is 0 Å². The molecule has 0 radical (unpaired) electrons. The van der Waals surface area contributed by atoms with Crippen molar-refractivity contribution in [3.8, 4) is 17.3 Å². The van der Waals surface area contributed by atoms with Crippen LogP contribution >= 0.6 is 0 Å². The Kier molecular flexibility index (Phi) is 2.66. The number of carbonyl (C=O) groups is 1. The van der Waals surface area contributed by atoms with Gasteiger partial charge >= 0.3 is 5.97 Å². The molecule has 3 aromatic rings. The topological polar surface area (TPSA) is 91.3 Å². The van der Waals surface area contributed by atoms with Gasteiger partial charge in [0, 0.05) is 5.56 Å². The molecule has 0 fully saturated rings. The third-order valence-electron chi connectivity index (χ3n) is 2.88. The summed E-state index contributed by atoms with van der Waals surface area (Å²) in [5, 5.41) is 22.2. The summed E-state index contributed by atoms with van der Waals surface area (Å²) >= 11 is 0. The molecular formula is C14H8N4O2. The molecule has 0 saturated heterocycles. The zero-order valence-electron chi connectivity index (χ0n) is 10.2. The molecule has 0 atom stereocenters. The molecule has 2 aromatic heterocycles. The summed E-state index contributed by atoms with van der Waals surface area (Å²) < 4.78 is 1.16. The summed E-state index contributed by atoms with van der Waals surface area (Å²) in [6.45, 7) is 0. The number of nitriles is 1.